The van der Waals surface area contributed by atoms with Gasteiger partial charge in [0.25, 0.3) is 0 Å². The van der Waals surface area contributed by atoms with Crippen molar-refractivity contribution in [1.82, 2.24) is 16.0 Å². The van der Waals surface area contributed by atoms with E-state index in [1.807, 2.05) is 51.1 Å². The van der Waals surface area contributed by atoms with Gasteiger partial charge in [0.1, 0.15) is 12.1 Å². The number of nitrogens with one attached hydrogen (secondary N) is 3. The smallest absolute Gasteiger partial charge is 0.408 e. The summed E-state index contributed by atoms with van der Waals surface area (Å²) in [5.41, 5.74) is 0.907. The Kier molecular flexibility index (Phi) is 10.5. The van der Waals surface area contributed by atoms with Crippen LogP contribution in [0.2, 0.25) is 0 Å². The van der Waals surface area contributed by atoms with E-state index < -0.39 is 24.3 Å². The number of rotatable bonds is 12. The maximum atomic E-state index is 12.9. The molecule has 4 atom stereocenters. The summed E-state index contributed by atoms with van der Waals surface area (Å²) in [6, 6.07) is 8.17. The van der Waals surface area contributed by atoms with Crippen molar-refractivity contribution in [3.8, 4) is 0 Å². The summed E-state index contributed by atoms with van der Waals surface area (Å²) in [5.74, 6) is -0.518. The quantitative estimate of drug-likeness (QED) is 0.393. The van der Waals surface area contributed by atoms with Gasteiger partial charge in [0.15, 0.2) is 0 Å². The third-order valence-electron chi connectivity index (χ3n) is 5.59. The molecular formula is C24H37N3O5. The Bertz CT molecular complexity index is 740. The molecule has 0 aromatic heterocycles. The van der Waals surface area contributed by atoms with E-state index in [0.29, 0.717) is 32.2 Å². The van der Waals surface area contributed by atoms with Crippen LogP contribution in [0.1, 0.15) is 64.5 Å². The van der Waals surface area contributed by atoms with Crippen molar-refractivity contribution in [2.75, 3.05) is 13.2 Å². The van der Waals surface area contributed by atoms with E-state index in [2.05, 4.69) is 16.0 Å². The molecule has 1 aromatic carbocycles. The first kappa shape index (κ1) is 25.6. The van der Waals surface area contributed by atoms with E-state index in [1.54, 1.807) is 0 Å². The normalized spacial score (nSPS) is 18.5. The lowest BCUT2D eigenvalue weighted by Crippen LogP contribution is -2.51. The summed E-state index contributed by atoms with van der Waals surface area (Å²) in [7, 11) is 0. The number of aliphatic hydroxyl groups excluding tert-OH is 1. The van der Waals surface area contributed by atoms with Crippen LogP contribution in [0.5, 0.6) is 0 Å². The molecule has 1 aliphatic rings. The van der Waals surface area contributed by atoms with Crippen LogP contribution in [0.3, 0.4) is 0 Å². The first-order valence-electron chi connectivity index (χ1n) is 11.5. The topological polar surface area (TPSA) is 117 Å². The zero-order valence-corrected chi connectivity index (χ0v) is 19.3. The minimum Gasteiger partial charge on any atom is -0.441 e. The third-order valence-corrected chi connectivity index (χ3v) is 5.59. The molecule has 8 nitrogen and oxygen atoms in total. The summed E-state index contributed by atoms with van der Waals surface area (Å²) in [6.07, 6.45) is 1.94. The Morgan fingerprint density at radius 3 is 2.50 bits per heavy atom. The highest BCUT2D eigenvalue weighted by atomic mass is 16.6. The second kappa shape index (κ2) is 13.1. The van der Waals surface area contributed by atoms with Gasteiger partial charge in [-0.2, -0.15) is 0 Å². The average Bonchev–Trinajstić information content (AvgIpc) is 3.17. The Hall–Kier alpha value is -2.61. The largest absolute Gasteiger partial charge is 0.441 e. The molecule has 0 saturated carbocycles. The fourth-order valence-corrected chi connectivity index (χ4v) is 3.93. The van der Waals surface area contributed by atoms with Crippen LogP contribution in [-0.4, -0.2) is 48.2 Å². The molecule has 0 aliphatic carbocycles. The van der Waals surface area contributed by atoms with Gasteiger partial charge in [-0.3, -0.25) is 9.59 Å². The van der Waals surface area contributed by atoms with E-state index in [-0.39, 0.29) is 30.3 Å². The van der Waals surface area contributed by atoms with Gasteiger partial charge in [0.2, 0.25) is 11.8 Å². The number of hydrogen-bond acceptors (Lipinski definition) is 5. The van der Waals surface area contributed by atoms with Crippen molar-refractivity contribution in [2.45, 2.75) is 71.1 Å². The number of benzene rings is 1. The Labute approximate surface area is 190 Å². The summed E-state index contributed by atoms with van der Waals surface area (Å²) in [4.78, 5) is 37.4. The molecule has 2 rings (SSSR count). The lowest BCUT2D eigenvalue weighted by molar-refractivity contribution is -0.126. The molecule has 0 spiro atoms. The monoisotopic (exact) mass is 447 g/mol. The number of ether oxygens (including phenoxy) is 1. The van der Waals surface area contributed by atoms with Crippen LogP contribution >= 0.6 is 0 Å². The molecule has 0 bridgehead atoms. The lowest BCUT2D eigenvalue weighted by Gasteiger charge is -2.25. The lowest BCUT2D eigenvalue weighted by atomic mass is 9.97. The van der Waals surface area contributed by atoms with Gasteiger partial charge in [-0.15, -0.1) is 0 Å². The molecule has 1 aromatic rings. The predicted molar refractivity (Wildman–Crippen MR) is 122 cm³/mol. The number of carbonyl (C=O) groups is 3. The highest BCUT2D eigenvalue weighted by Gasteiger charge is 2.30. The molecule has 32 heavy (non-hydrogen) atoms. The maximum absolute atomic E-state index is 12.9. The molecular weight excluding hydrogens is 410 g/mol. The van der Waals surface area contributed by atoms with Crippen LogP contribution in [0.4, 0.5) is 4.79 Å². The number of carbonyl (C=O) groups excluding carboxylic acids is 3. The van der Waals surface area contributed by atoms with Gasteiger partial charge in [-0.25, -0.2) is 4.79 Å². The standard InChI is InChI=1S/C24H37N3O5/c1-4-8-21(17-9-6-5-7-10-17)32-24(31)27-20(13-16(2)3)23(30)26-19(15-28)14-18-11-12-25-22(18)29/h5-7,9-10,16,18-21,28H,4,8,11-15H2,1-3H3,(H,25,29)(H,26,30)(H,27,31)/t18-,19?,20?,21?/m0/s1. The van der Waals surface area contributed by atoms with E-state index in [9.17, 15) is 19.5 Å². The fraction of sp³-hybridized carbons (Fsp3) is 0.625. The number of alkyl carbamates (subject to hydrolysis) is 1. The molecule has 1 heterocycles. The number of aliphatic hydroxyl groups is 1. The van der Waals surface area contributed by atoms with Crippen molar-refractivity contribution < 1.29 is 24.2 Å². The van der Waals surface area contributed by atoms with Gasteiger partial charge >= 0.3 is 6.09 Å². The van der Waals surface area contributed by atoms with E-state index >= 15 is 0 Å². The zero-order valence-electron chi connectivity index (χ0n) is 19.3. The number of amides is 3. The van der Waals surface area contributed by atoms with Crippen LogP contribution in [0, 0.1) is 11.8 Å². The zero-order chi connectivity index (χ0) is 23.5. The molecule has 3 amide bonds. The second-order valence-corrected chi connectivity index (χ2v) is 8.82. The summed E-state index contributed by atoms with van der Waals surface area (Å²) < 4.78 is 5.66. The molecule has 178 valence electrons. The second-order valence-electron chi connectivity index (χ2n) is 8.82. The van der Waals surface area contributed by atoms with Crippen molar-refractivity contribution in [3.05, 3.63) is 35.9 Å². The minimum absolute atomic E-state index is 0.0546. The molecule has 1 saturated heterocycles. The van der Waals surface area contributed by atoms with Gasteiger partial charge in [0, 0.05) is 12.5 Å². The van der Waals surface area contributed by atoms with Crippen molar-refractivity contribution in [2.24, 2.45) is 11.8 Å². The molecule has 3 unspecified atom stereocenters. The molecule has 4 N–H and O–H groups in total. The molecule has 0 radical (unpaired) electrons. The molecule has 1 fully saturated rings. The Morgan fingerprint density at radius 1 is 1.22 bits per heavy atom. The number of hydrogen-bond donors (Lipinski definition) is 4. The van der Waals surface area contributed by atoms with Crippen LogP contribution < -0.4 is 16.0 Å². The highest BCUT2D eigenvalue weighted by molar-refractivity contribution is 5.86. The van der Waals surface area contributed by atoms with Gasteiger partial charge in [-0.05, 0) is 37.2 Å². The minimum atomic E-state index is -0.799. The van der Waals surface area contributed by atoms with Crippen LogP contribution in [-0.2, 0) is 14.3 Å². The first-order chi connectivity index (χ1) is 15.3. The SMILES string of the molecule is CCCC(OC(=O)NC(CC(C)C)C(=O)NC(CO)C[C@@H]1CCNC1=O)c1ccccc1. The van der Waals surface area contributed by atoms with Crippen LogP contribution in [0.15, 0.2) is 30.3 Å². The Balaban J connectivity index is 2.00. The van der Waals surface area contributed by atoms with Gasteiger partial charge < -0.3 is 25.8 Å². The first-order valence-corrected chi connectivity index (χ1v) is 11.5. The summed E-state index contributed by atoms with van der Waals surface area (Å²) in [5, 5.41) is 18.0. The van der Waals surface area contributed by atoms with E-state index in [4.69, 9.17) is 4.74 Å². The fourth-order valence-electron chi connectivity index (χ4n) is 3.93. The highest BCUT2D eigenvalue weighted by Crippen LogP contribution is 2.23. The molecule has 8 heteroatoms. The maximum Gasteiger partial charge on any atom is 0.408 e. The van der Waals surface area contributed by atoms with Gasteiger partial charge in [-0.1, -0.05) is 57.5 Å². The van der Waals surface area contributed by atoms with Crippen LogP contribution in [0.25, 0.3) is 0 Å². The summed E-state index contributed by atoms with van der Waals surface area (Å²) >= 11 is 0. The van der Waals surface area contributed by atoms with Crippen molar-refractivity contribution >= 4 is 17.9 Å². The van der Waals surface area contributed by atoms with Gasteiger partial charge in [0.05, 0.1) is 12.6 Å². The summed E-state index contributed by atoms with van der Waals surface area (Å²) in [6.45, 7) is 6.28. The molecule has 1 aliphatic heterocycles. The van der Waals surface area contributed by atoms with Crippen molar-refractivity contribution in [3.63, 3.8) is 0 Å². The van der Waals surface area contributed by atoms with Crippen molar-refractivity contribution in [1.29, 1.82) is 0 Å². The van der Waals surface area contributed by atoms with E-state index in [0.717, 1.165) is 12.0 Å². The Morgan fingerprint density at radius 2 is 1.94 bits per heavy atom. The predicted octanol–water partition coefficient (Wildman–Crippen LogP) is 2.67. The third kappa shape index (κ3) is 8.15. The average molecular weight is 448 g/mol. The van der Waals surface area contributed by atoms with E-state index in [1.165, 1.54) is 0 Å².